The molecular weight excluding hydrogens is 544 g/mol. The number of benzene rings is 3. The molecule has 4 rings (SSSR count). The summed E-state index contributed by atoms with van der Waals surface area (Å²) in [6, 6.07) is 26.1. The van der Waals surface area contributed by atoms with E-state index < -0.39 is 12.3 Å². The highest BCUT2D eigenvalue weighted by Gasteiger charge is 2.33. The summed E-state index contributed by atoms with van der Waals surface area (Å²) in [4.78, 5) is 25.3. The maximum Gasteiger partial charge on any atom is 0.303 e. The second kappa shape index (κ2) is 16.3. The van der Waals surface area contributed by atoms with Crippen LogP contribution in [0.1, 0.15) is 92.6 Å². The SMILES string of the molecule is C[C@@H](c1ccccc1)N(C)C[C@H]1C[C@@H](c2ccc(CO)cc2)O[C@@H](c2ccc(NC(=O)CCCCCCC(=O)O)cc2)O1. The molecule has 1 saturated heterocycles. The van der Waals surface area contributed by atoms with Crippen LogP contribution < -0.4 is 5.32 Å². The third-order valence-corrected chi connectivity index (χ3v) is 8.06. The fraction of sp³-hybridized carbons (Fsp3) is 0.429. The van der Waals surface area contributed by atoms with Crippen molar-refractivity contribution in [2.45, 2.75) is 83.0 Å². The number of hydrogen-bond acceptors (Lipinski definition) is 6. The molecule has 43 heavy (non-hydrogen) atoms. The number of ether oxygens (including phenoxy) is 2. The molecule has 3 aromatic carbocycles. The van der Waals surface area contributed by atoms with E-state index in [2.05, 4.69) is 48.5 Å². The highest BCUT2D eigenvalue weighted by atomic mass is 16.7. The Bertz CT molecular complexity index is 1280. The molecular formula is C35H44N2O6. The normalized spacial score (nSPS) is 19.2. The van der Waals surface area contributed by atoms with Crippen molar-refractivity contribution in [1.82, 2.24) is 4.90 Å². The lowest BCUT2D eigenvalue weighted by Gasteiger charge is -2.39. The number of aliphatic hydroxyl groups is 1. The molecule has 3 N–H and O–H groups in total. The largest absolute Gasteiger partial charge is 0.481 e. The van der Waals surface area contributed by atoms with Crippen LogP contribution in [-0.4, -0.2) is 46.7 Å². The van der Waals surface area contributed by atoms with Gasteiger partial charge in [0, 0.05) is 43.1 Å². The van der Waals surface area contributed by atoms with E-state index in [0.717, 1.165) is 42.5 Å². The van der Waals surface area contributed by atoms with E-state index in [4.69, 9.17) is 14.6 Å². The Hall–Kier alpha value is -3.56. The number of unbranched alkanes of at least 4 members (excludes halogenated alkanes) is 3. The molecule has 1 fully saturated rings. The van der Waals surface area contributed by atoms with Crippen LogP contribution in [0.25, 0.3) is 0 Å². The van der Waals surface area contributed by atoms with Gasteiger partial charge in [-0.3, -0.25) is 14.5 Å². The fourth-order valence-electron chi connectivity index (χ4n) is 5.36. The molecule has 8 nitrogen and oxygen atoms in total. The van der Waals surface area contributed by atoms with Gasteiger partial charge in [0.05, 0.1) is 18.8 Å². The van der Waals surface area contributed by atoms with Gasteiger partial charge < -0.3 is 25.0 Å². The summed E-state index contributed by atoms with van der Waals surface area (Å²) in [7, 11) is 2.12. The van der Waals surface area contributed by atoms with Crippen molar-refractivity contribution < 1.29 is 29.3 Å². The highest BCUT2D eigenvalue weighted by Crippen LogP contribution is 2.39. The Morgan fingerprint density at radius 1 is 0.884 bits per heavy atom. The predicted molar refractivity (Wildman–Crippen MR) is 166 cm³/mol. The third kappa shape index (κ3) is 10.0. The quantitative estimate of drug-likeness (QED) is 0.168. The van der Waals surface area contributed by atoms with E-state index in [1.54, 1.807) is 0 Å². The number of nitrogens with one attached hydrogen (secondary N) is 1. The molecule has 1 amide bonds. The first-order valence-corrected chi connectivity index (χ1v) is 15.2. The van der Waals surface area contributed by atoms with E-state index in [1.165, 1.54) is 5.56 Å². The van der Waals surface area contributed by atoms with Gasteiger partial charge in [-0.15, -0.1) is 0 Å². The zero-order chi connectivity index (χ0) is 30.6. The minimum Gasteiger partial charge on any atom is -0.481 e. The second-order valence-electron chi connectivity index (χ2n) is 11.4. The lowest BCUT2D eigenvalue weighted by Crippen LogP contribution is -2.38. The molecule has 1 aliphatic heterocycles. The van der Waals surface area contributed by atoms with Gasteiger partial charge >= 0.3 is 5.97 Å². The van der Waals surface area contributed by atoms with E-state index >= 15 is 0 Å². The molecule has 1 heterocycles. The molecule has 0 radical (unpaired) electrons. The van der Waals surface area contributed by atoms with Crippen molar-refractivity contribution in [2.24, 2.45) is 0 Å². The van der Waals surface area contributed by atoms with Crippen LogP contribution in [0.5, 0.6) is 0 Å². The smallest absolute Gasteiger partial charge is 0.303 e. The van der Waals surface area contributed by atoms with Gasteiger partial charge in [0.25, 0.3) is 0 Å². The minimum atomic E-state index is -0.780. The van der Waals surface area contributed by atoms with E-state index in [1.807, 2.05) is 54.6 Å². The Morgan fingerprint density at radius 2 is 1.53 bits per heavy atom. The number of rotatable bonds is 15. The number of anilines is 1. The summed E-state index contributed by atoms with van der Waals surface area (Å²) in [6.45, 7) is 2.92. The molecule has 0 unspecified atom stereocenters. The number of nitrogens with zero attached hydrogens (tertiary/aromatic N) is 1. The summed E-state index contributed by atoms with van der Waals surface area (Å²) in [5.41, 5.74) is 4.73. The number of carbonyl (C=O) groups excluding carboxylic acids is 1. The molecule has 230 valence electrons. The number of carbonyl (C=O) groups is 2. The molecule has 3 aromatic rings. The van der Waals surface area contributed by atoms with Crippen molar-refractivity contribution in [1.29, 1.82) is 0 Å². The van der Waals surface area contributed by atoms with Crippen molar-refractivity contribution in [3.8, 4) is 0 Å². The van der Waals surface area contributed by atoms with E-state index in [0.29, 0.717) is 24.9 Å². The minimum absolute atomic E-state index is 0.00197. The summed E-state index contributed by atoms with van der Waals surface area (Å²) >= 11 is 0. The van der Waals surface area contributed by atoms with E-state index in [-0.39, 0.29) is 37.2 Å². The van der Waals surface area contributed by atoms with Gasteiger partial charge in [0.1, 0.15) is 0 Å². The Balaban J connectivity index is 1.39. The standard InChI is InChI=1S/C35H44N2O6/c1-25(27-10-6-5-7-11-27)37(2)23-31-22-32(28-16-14-26(24-38)15-17-28)43-35(42-31)29-18-20-30(21-19-29)36-33(39)12-8-3-4-9-13-34(40)41/h5-7,10-11,14-21,25,31-32,35,38H,3-4,8-9,12-13,22-24H2,1-2H3,(H,36,39)(H,40,41)/t25-,31+,32-,35-/m0/s1. The van der Waals surface area contributed by atoms with Crippen LogP contribution in [0.2, 0.25) is 0 Å². The first kappa shape index (κ1) is 32.4. The average Bonchev–Trinajstić information content (AvgIpc) is 3.03. The molecule has 0 aliphatic carbocycles. The maximum atomic E-state index is 12.4. The van der Waals surface area contributed by atoms with Crippen LogP contribution in [0.3, 0.4) is 0 Å². The number of hydrogen-bond donors (Lipinski definition) is 3. The first-order chi connectivity index (χ1) is 20.8. The molecule has 0 bridgehead atoms. The van der Waals surface area contributed by atoms with Crippen LogP contribution in [0, 0.1) is 0 Å². The third-order valence-electron chi connectivity index (χ3n) is 8.06. The highest BCUT2D eigenvalue weighted by molar-refractivity contribution is 5.90. The van der Waals surface area contributed by atoms with Gasteiger partial charge in [-0.1, -0.05) is 79.6 Å². The van der Waals surface area contributed by atoms with Crippen LogP contribution >= 0.6 is 0 Å². The molecule has 1 aliphatic rings. The fourth-order valence-corrected chi connectivity index (χ4v) is 5.36. The summed E-state index contributed by atoms with van der Waals surface area (Å²) in [6.07, 6.45) is 3.46. The number of aliphatic hydroxyl groups excluding tert-OH is 1. The zero-order valence-electron chi connectivity index (χ0n) is 25.2. The van der Waals surface area contributed by atoms with Gasteiger partial charge in [-0.25, -0.2) is 0 Å². The van der Waals surface area contributed by atoms with Gasteiger partial charge in [0.15, 0.2) is 6.29 Å². The lowest BCUT2D eigenvalue weighted by molar-refractivity contribution is -0.253. The topological polar surface area (TPSA) is 108 Å². The number of likely N-dealkylation sites (N-methyl/N-ethyl adjacent to an activating group) is 1. The monoisotopic (exact) mass is 588 g/mol. The Morgan fingerprint density at radius 3 is 2.19 bits per heavy atom. The van der Waals surface area contributed by atoms with Crippen LogP contribution in [0.4, 0.5) is 5.69 Å². The number of amides is 1. The molecule has 0 aromatic heterocycles. The summed E-state index contributed by atoms with van der Waals surface area (Å²) in [5.74, 6) is -0.837. The van der Waals surface area contributed by atoms with Crippen LogP contribution in [-0.2, 0) is 25.7 Å². The second-order valence-corrected chi connectivity index (χ2v) is 11.4. The van der Waals surface area contributed by atoms with E-state index in [9.17, 15) is 14.7 Å². The number of aliphatic carboxylic acids is 1. The number of carboxylic acids is 1. The summed E-state index contributed by atoms with van der Waals surface area (Å²) in [5, 5.41) is 21.2. The van der Waals surface area contributed by atoms with Crippen molar-refractivity contribution in [3.05, 3.63) is 101 Å². The van der Waals surface area contributed by atoms with Crippen LogP contribution in [0.15, 0.2) is 78.9 Å². The van der Waals surface area contributed by atoms with Gasteiger partial charge in [0.2, 0.25) is 5.91 Å². The number of carboxylic acid groups (broad SMARTS) is 1. The lowest BCUT2D eigenvalue weighted by atomic mass is 9.99. The Labute approximate surface area is 254 Å². The van der Waals surface area contributed by atoms with Gasteiger partial charge in [-0.2, -0.15) is 0 Å². The molecule has 0 spiro atoms. The zero-order valence-corrected chi connectivity index (χ0v) is 25.2. The molecule has 4 atom stereocenters. The van der Waals surface area contributed by atoms with Crippen molar-refractivity contribution >= 4 is 17.6 Å². The average molecular weight is 589 g/mol. The predicted octanol–water partition coefficient (Wildman–Crippen LogP) is 6.78. The van der Waals surface area contributed by atoms with Crippen molar-refractivity contribution in [3.63, 3.8) is 0 Å². The Kier molecular flexibility index (Phi) is 12.3. The molecule has 8 heteroatoms. The van der Waals surface area contributed by atoms with Crippen molar-refractivity contribution in [2.75, 3.05) is 18.9 Å². The maximum absolute atomic E-state index is 12.4. The first-order valence-electron chi connectivity index (χ1n) is 15.2. The van der Waals surface area contributed by atoms with Gasteiger partial charge in [-0.05, 0) is 55.6 Å². The summed E-state index contributed by atoms with van der Waals surface area (Å²) < 4.78 is 13.0. The molecule has 0 saturated carbocycles.